The lowest BCUT2D eigenvalue weighted by atomic mass is 10.1. The van der Waals surface area contributed by atoms with Gasteiger partial charge < -0.3 is 10.1 Å². The Morgan fingerprint density at radius 3 is 2.89 bits per heavy atom. The van der Waals surface area contributed by atoms with Gasteiger partial charge >= 0.3 is 0 Å². The minimum atomic E-state index is 0.327. The van der Waals surface area contributed by atoms with E-state index in [0.29, 0.717) is 12.1 Å². The van der Waals surface area contributed by atoms with Crippen molar-refractivity contribution < 1.29 is 4.74 Å². The summed E-state index contributed by atoms with van der Waals surface area (Å²) in [6.45, 7) is 8.25. The number of thioether (sulfide) groups is 1. The zero-order valence-corrected chi connectivity index (χ0v) is 13.0. The van der Waals surface area contributed by atoms with Crippen LogP contribution < -0.4 is 5.32 Å². The molecule has 18 heavy (non-hydrogen) atoms. The molecule has 2 unspecified atom stereocenters. The fourth-order valence-corrected chi connectivity index (χ4v) is 4.08. The number of thiazole rings is 1. The molecule has 1 N–H and O–H groups in total. The number of nitrogens with one attached hydrogen (secondary N) is 1. The summed E-state index contributed by atoms with van der Waals surface area (Å²) in [5.41, 5.74) is 1.17. The Hall–Kier alpha value is -0.100. The van der Waals surface area contributed by atoms with Gasteiger partial charge in [-0.25, -0.2) is 4.98 Å². The summed E-state index contributed by atoms with van der Waals surface area (Å²) in [5, 5.41) is 4.79. The average molecular weight is 286 g/mol. The summed E-state index contributed by atoms with van der Waals surface area (Å²) >= 11 is 3.81. The van der Waals surface area contributed by atoms with E-state index in [2.05, 4.69) is 31.1 Å². The van der Waals surface area contributed by atoms with E-state index < -0.39 is 0 Å². The maximum absolute atomic E-state index is 5.90. The fraction of sp³-hybridized carbons (Fsp3) is 0.769. The molecule has 0 saturated carbocycles. The number of likely N-dealkylation sites (N-methyl/N-ethyl adjacent to an activating group) is 1. The Bertz CT molecular complexity index is 356. The average Bonchev–Trinajstić information content (AvgIpc) is 2.69. The lowest BCUT2D eigenvalue weighted by Gasteiger charge is -2.30. The third-order valence-corrected chi connectivity index (χ3v) is 5.34. The van der Waals surface area contributed by atoms with Crippen LogP contribution >= 0.6 is 23.1 Å². The zero-order chi connectivity index (χ0) is 13.0. The van der Waals surface area contributed by atoms with Crippen LogP contribution in [-0.2, 0) is 11.2 Å². The van der Waals surface area contributed by atoms with Gasteiger partial charge in [-0.3, -0.25) is 0 Å². The van der Waals surface area contributed by atoms with Crippen molar-refractivity contribution in [2.45, 2.75) is 39.3 Å². The number of hydrogen-bond donors (Lipinski definition) is 1. The van der Waals surface area contributed by atoms with Gasteiger partial charge in [0.1, 0.15) is 0 Å². The molecule has 3 nitrogen and oxygen atoms in total. The summed E-state index contributed by atoms with van der Waals surface area (Å²) in [5.74, 6) is 2.23. The van der Waals surface area contributed by atoms with Crippen molar-refractivity contribution in [1.29, 1.82) is 0 Å². The van der Waals surface area contributed by atoms with Gasteiger partial charge in [0.2, 0.25) is 0 Å². The van der Waals surface area contributed by atoms with Crippen molar-refractivity contribution in [3.05, 3.63) is 15.6 Å². The molecule has 0 spiro atoms. The van der Waals surface area contributed by atoms with E-state index in [1.165, 1.54) is 15.6 Å². The summed E-state index contributed by atoms with van der Waals surface area (Å²) in [6, 6.07) is 0.396. The van der Waals surface area contributed by atoms with Crippen LogP contribution in [0.25, 0.3) is 0 Å². The number of ether oxygens (including phenoxy) is 1. The molecule has 0 amide bonds. The highest BCUT2D eigenvalue weighted by Gasteiger charge is 2.25. The third kappa shape index (κ3) is 3.70. The van der Waals surface area contributed by atoms with Crippen LogP contribution in [0.2, 0.25) is 0 Å². The standard InChI is InChI=1S/C13H22N2OS2/c1-4-14-11(12-8-17-6-5-16-12)7-13-15-9(2)10(3)18-13/h11-12,14H,4-8H2,1-3H3. The molecule has 2 heterocycles. The first-order valence-corrected chi connectivity index (χ1v) is 8.53. The van der Waals surface area contributed by atoms with Gasteiger partial charge in [0.05, 0.1) is 23.4 Å². The Morgan fingerprint density at radius 1 is 1.50 bits per heavy atom. The van der Waals surface area contributed by atoms with E-state index in [-0.39, 0.29) is 0 Å². The molecule has 1 aromatic heterocycles. The van der Waals surface area contributed by atoms with Gasteiger partial charge in [-0.1, -0.05) is 6.92 Å². The Balaban J connectivity index is 2.00. The molecule has 5 heteroatoms. The van der Waals surface area contributed by atoms with Crippen LogP contribution in [-0.4, -0.2) is 41.8 Å². The molecule has 0 bridgehead atoms. The second kappa shape index (κ2) is 6.89. The highest BCUT2D eigenvalue weighted by Crippen LogP contribution is 2.22. The van der Waals surface area contributed by atoms with Crippen molar-refractivity contribution in [3.8, 4) is 0 Å². The minimum absolute atomic E-state index is 0.327. The second-order valence-electron chi connectivity index (χ2n) is 4.60. The number of nitrogens with zero attached hydrogens (tertiary/aromatic N) is 1. The van der Waals surface area contributed by atoms with Gasteiger partial charge in [-0.05, 0) is 20.4 Å². The number of rotatable bonds is 5. The Kier molecular flexibility index (Phi) is 5.48. The second-order valence-corrected chi connectivity index (χ2v) is 7.04. The van der Waals surface area contributed by atoms with Crippen molar-refractivity contribution in [1.82, 2.24) is 10.3 Å². The van der Waals surface area contributed by atoms with Crippen LogP contribution in [0.3, 0.4) is 0 Å². The largest absolute Gasteiger partial charge is 0.375 e. The van der Waals surface area contributed by atoms with Crippen LogP contribution in [0, 0.1) is 13.8 Å². The predicted octanol–water partition coefficient (Wildman–Crippen LogP) is 2.41. The van der Waals surface area contributed by atoms with Crippen molar-refractivity contribution in [3.63, 3.8) is 0 Å². The van der Waals surface area contributed by atoms with Crippen molar-refractivity contribution in [2.24, 2.45) is 0 Å². The summed E-state index contributed by atoms with van der Waals surface area (Å²) in [6.07, 6.45) is 1.31. The molecule has 1 fully saturated rings. The van der Waals surface area contributed by atoms with E-state index in [0.717, 1.165) is 31.1 Å². The highest BCUT2D eigenvalue weighted by molar-refractivity contribution is 7.99. The van der Waals surface area contributed by atoms with Gasteiger partial charge in [-0.2, -0.15) is 11.8 Å². The van der Waals surface area contributed by atoms with Crippen LogP contribution in [0.5, 0.6) is 0 Å². The number of aromatic nitrogens is 1. The minimum Gasteiger partial charge on any atom is -0.375 e. The molecule has 1 aliphatic heterocycles. The van der Waals surface area contributed by atoms with Gasteiger partial charge in [0.25, 0.3) is 0 Å². The smallest absolute Gasteiger partial charge is 0.0947 e. The predicted molar refractivity (Wildman–Crippen MR) is 79.8 cm³/mol. The summed E-state index contributed by atoms with van der Waals surface area (Å²) in [7, 11) is 0. The molecule has 0 radical (unpaired) electrons. The van der Waals surface area contributed by atoms with Crippen molar-refractivity contribution in [2.75, 3.05) is 24.7 Å². The molecule has 0 aromatic carbocycles. The van der Waals surface area contributed by atoms with Gasteiger partial charge in [0.15, 0.2) is 0 Å². The molecular weight excluding hydrogens is 264 g/mol. The maximum atomic E-state index is 5.90. The van der Waals surface area contributed by atoms with Gasteiger partial charge in [-0.15, -0.1) is 11.3 Å². The highest BCUT2D eigenvalue weighted by atomic mass is 32.2. The normalized spacial score (nSPS) is 22.1. The van der Waals surface area contributed by atoms with Crippen molar-refractivity contribution >= 4 is 23.1 Å². The molecule has 1 aliphatic rings. The molecule has 1 saturated heterocycles. The Morgan fingerprint density at radius 2 is 2.33 bits per heavy atom. The summed E-state index contributed by atoms with van der Waals surface area (Å²) in [4.78, 5) is 5.98. The molecule has 1 aromatic rings. The molecule has 102 valence electrons. The topological polar surface area (TPSA) is 34.2 Å². The van der Waals surface area contributed by atoms with E-state index in [1.54, 1.807) is 0 Å². The third-order valence-electron chi connectivity index (χ3n) is 3.22. The summed E-state index contributed by atoms with van der Waals surface area (Å²) < 4.78 is 5.90. The van der Waals surface area contributed by atoms with E-state index in [1.807, 2.05) is 23.1 Å². The lowest BCUT2D eigenvalue weighted by molar-refractivity contribution is 0.0476. The molecule has 2 rings (SSSR count). The molecular formula is C13H22N2OS2. The van der Waals surface area contributed by atoms with E-state index in [4.69, 9.17) is 4.74 Å². The quantitative estimate of drug-likeness (QED) is 0.901. The fourth-order valence-electron chi connectivity index (χ4n) is 2.15. The Labute approximate surface area is 118 Å². The molecule has 2 atom stereocenters. The monoisotopic (exact) mass is 286 g/mol. The first-order valence-electron chi connectivity index (χ1n) is 6.56. The first kappa shape index (κ1) is 14.3. The molecule has 0 aliphatic carbocycles. The van der Waals surface area contributed by atoms with Crippen LogP contribution in [0.1, 0.15) is 22.5 Å². The maximum Gasteiger partial charge on any atom is 0.0947 e. The zero-order valence-electron chi connectivity index (χ0n) is 11.4. The van der Waals surface area contributed by atoms with E-state index in [9.17, 15) is 0 Å². The first-order chi connectivity index (χ1) is 8.70. The number of aryl methyl sites for hydroxylation is 2. The lowest BCUT2D eigenvalue weighted by Crippen LogP contribution is -2.46. The SMILES string of the molecule is CCNC(Cc1nc(C)c(C)s1)C1CSCCO1. The van der Waals surface area contributed by atoms with E-state index >= 15 is 0 Å². The van der Waals surface area contributed by atoms with Crippen LogP contribution in [0.15, 0.2) is 0 Å². The number of hydrogen-bond acceptors (Lipinski definition) is 5. The van der Waals surface area contributed by atoms with Crippen LogP contribution in [0.4, 0.5) is 0 Å². The van der Waals surface area contributed by atoms with Gasteiger partial charge in [0, 0.05) is 28.8 Å².